The van der Waals surface area contributed by atoms with Crippen LogP contribution in [0.15, 0.2) is 30.3 Å². The highest BCUT2D eigenvalue weighted by Crippen LogP contribution is 2.45. The second-order valence-electron chi connectivity index (χ2n) is 7.30. The smallest absolute Gasteiger partial charge is 0.264 e. The fraction of sp³-hybridized carbons (Fsp3) is 0.190. The summed E-state index contributed by atoms with van der Waals surface area (Å²) in [6, 6.07) is 7.78. The molecule has 0 radical (unpaired) electrons. The van der Waals surface area contributed by atoms with Gasteiger partial charge in [0.1, 0.15) is 11.5 Å². The van der Waals surface area contributed by atoms with Crippen LogP contribution in [-0.4, -0.2) is 51.7 Å². The number of rotatable bonds is 1. The van der Waals surface area contributed by atoms with Gasteiger partial charge in [0.15, 0.2) is 5.78 Å². The standard InChI is InChI=1S/C21H16N2O5S/c22-9-5-6-23(8-9)21(28)13-7-12-18(26)14-15(19(27)20(12)29-13)17(25)11-4-2-1-3-10(11)16(14)24/h1-4,7,9,24-25H,5-6,8,22H2/t9-/m0/s1. The summed E-state index contributed by atoms with van der Waals surface area (Å²) in [5, 5.41) is 21.9. The number of nitrogens with two attached hydrogens (primary N) is 1. The minimum Gasteiger partial charge on any atom is -0.506 e. The summed E-state index contributed by atoms with van der Waals surface area (Å²) in [4.78, 5) is 41.0. The number of aromatic hydroxyl groups is 2. The molecule has 1 aliphatic heterocycles. The molecule has 5 rings (SSSR count). The highest BCUT2D eigenvalue weighted by atomic mass is 32.1. The number of likely N-dealkylation sites (tertiary alicyclic amines) is 1. The normalized spacial score (nSPS) is 18.2. The van der Waals surface area contributed by atoms with Crippen LogP contribution in [0.25, 0.3) is 10.8 Å². The molecule has 1 aromatic heterocycles. The molecule has 1 atom stereocenters. The Kier molecular flexibility index (Phi) is 3.77. The maximum absolute atomic E-state index is 13.1. The quantitative estimate of drug-likeness (QED) is 0.416. The first-order chi connectivity index (χ1) is 13.9. The van der Waals surface area contributed by atoms with Crippen molar-refractivity contribution in [2.24, 2.45) is 5.73 Å². The third kappa shape index (κ3) is 2.43. The summed E-state index contributed by atoms with van der Waals surface area (Å²) < 4.78 is 0. The van der Waals surface area contributed by atoms with Crippen LogP contribution in [0.5, 0.6) is 11.5 Å². The molecule has 2 heterocycles. The van der Waals surface area contributed by atoms with Crippen LogP contribution < -0.4 is 5.73 Å². The van der Waals surface area contributed by atoms with Crippen LogP contribution in [0.4, 0.5) is 0 Å². The number of hydrogen-bond acceptors (Lipinski definition) is 7. The first-order valence-corrected chi connectivity index (χ1v) is 9.94. The molecular formula is C21H16N2O5S. The Labute approximate surface area is 169 Å². The van der Waals surface area contributed by atoms with Crippen molar-refractivity contribution in [1.82, 2.24) is 4.90 Å². The maximum Gasteiger partial charge on any atom is 0.264 e. The molecule has 7 nitrogen and oxygen atoms in total. The molecule has 0 spiro atoms. The topological polar surface area (TPSA) is 121 Å². The van der Waals surface area contributed by atoms with E-state index in [-0.39, 0.29) is 60.7 Å². The van der Waals surface area contributed by atoms with Crippen LogP contribution in [0, 0.1) is 0 Å². The molecule has 146 valence electrons. The van der Waals surface area contributed by atoms with Crippen molar-refractivity contribution in [3.05, 3.63) is 56.8 Å². The first kappa shape index (κ1) is 17.8. The average Bonchev–Trinajstić information content (AvgIpc) is 3.35. The van der Waals surface area contributed by atoms with E-state index in [0.29, 0.717) is 19.5 Å². The number of amides is 1. The molecule has 2 aliphatic rings. The molecule has 4 N–H and O–H groups in total. The molecule has 1 amide bonds. The second-order valence-corrected chi connectivity index (χ2v) is 8.36. The van der Waals surface area contributed by atoms with Gasteiger partial charge in [-0.3, -0.25) is 14.4 Å². The predicted octanol–water partition coefficient (Wildman–Crippen LogP) is 2.26. The third-order valence-corrected chi connectivity index (χ3v) is 6.64. The number of hydrogen-bond donors (Lipinski definition) is 3. The van der Waals surface area contributed by atoms with Gasteiger partial charge in [-0.15, -0.1) is 11.3 Å². The lowest BCUT2D eigenvalue weighted by Gasteiger charge is -2.18. The second kappa shape index (κ2) is 6.13. The van der Waals surface area contributed by atoms with Crippen LogP contribution in [0.1, 0.15) is 47.2 Å². The van der Waals surface area contributed by atoms with Crippen LogP contribution in [0.2, 0.25) is 0 Å². The number of phenolic OH excluding ortho intramolecular Hbond substituents is 2. The number of thiophene rings is 1. The summed E-state index contributed by atoms with van der Waals surface area (Å²) in [6.07, 6.45) is 0.703. The van der Waals surface area contributed by atoms with E-state index in [4.69, 9.17) is 5.73 Å². The van der Waals surface area contributed by atoms with Crippen molar-refractivity contribution in [3.8, 4) is 11.5 Å². The van der Waals surface area contributed by atoms with Crippen molar-refractivity contribution >= 4 is 39.6 Å². The molecule has 3 aromatic rings. The van der Waals surface area contributed by atoms with Gasteiger partial charge in [0, 0.05) is 35.5 Å². The Balaban J connectivity index is 1.67. The van der Waals surface area contributed by atoms with E-state index in [1.807, 2.05) is 0 Å². The first-order valence-electron chi connectivity index (χ1n) is 9.13. The number of ketones is 2. The molecule has 1 aliphatic carbocycles. The molecule has 0 saturated carbocycles. The predicted molar refractivity (Wildman–Crippen MR) is 107 cm³/mol. The van der Waals surface area contributed by atoms with E-state index in [9.17, 15) is 24.6 Å². The number of carbonyl (C=O) groups excluding carboxylic acids is 3. The molecular weight excluding hydrogens is 392 g/mol. The van der Waals surface area contributed by atoms with Gasteiger partial charge >= 0.3 is 0 Å². The summed E-state index contributed by atoms with van der Waals surface area (Å²) >= 11 is 0.932. The SMILES string of the molecule is N[C@H]1CCN(C(=O)c2cc3c(s2)C(=O)c2c(c(O)c4ccccc4c2O)C3=O)C1. The van der Waals surface area contributed by atoms with E-state index in [1.165, 1.54) is 6.07 Å². The van der Waals surface area contributed by atoms with Crippen LogP contribution >= 0.6 is 11.3 Å². The molecule has 1 saturated heterocycles. The van der Waals surface area contributed by atoms with Crippen molar-refractivity contribution in [1.29, 1.82) is 0 Å². The van der Waals surface area contributed by atoms with Crippen molar-refractivity contribution in [2.45, 2.75) is 12.5 Å². The van der Waals surface area contributed by atoms with E-state index in [1.54, 1.807) is 29.2 Å². The molecule has 0 unspecified atom stereocenters. The van der Waals surface area contributed by atoms with E-state index < -0.39 is 11.6 Å². The Morgan fingerprint density at radius 3 is 2.28 bits per heavy atom. The third-order valence-electron chi connectivity index (χ3n) is 5.52. The highest BCUT2D eigenvalue weighted by molar-refractivity contribution is 7.16. The summed E-state index contributed by atoms with van der Waals surface area (Å²) in [5.41, 5.74) is 5.50. The number of nitrogens with zero attached hydrogens (tertiary/aromatic N) is 1. The van der Waals surface area contributed by atoms with Gasteiger partial charge in [-0.25, -0.2) is 0 Å². The minimum absolute atomic E-state index is 0.0735. The Morgan fingerprint density at radius 2 is 1.69 bits per heavy atom. The largest absolute Gasteiger partial charge is 0.506 e. The average molecular weight is 408 g/mol. The number of phenols is 2. The van der Waals surface area contributed by atoms with E-state index in [2.05, 4.69) is 0 Å². The van der Waals surface area contributed by atoms with Crippen LogP contribution in [-0.2, 0) is 0 Å². The van der Waals surface area contributed by atoms with Gasteiger partial charge in [-0.05, 0) is 12.5 Å². The zero-order valence-corrected chi connectivity index (χ0v) is 16.0. The minimum atomic E-state index is -0.582. The molecule has 8 heteroatoms. The molecule has 0 bridgehead atoms. The zero-order valence-electron chi connectivity index (χ0n) is 15.1. The fourth-order valence-corrected chi connectivity index (χ4v) is 5.12. The summed E-state index contributed by atoms with van der Waals surface area (Å²) in [5.74, 6) is -2.12. The Morgan fingerprint density at radius 1 is 1.07 bits per heavy atom. The lowest BCUT2D eigenvalue weighted by atomic mass is 9.85. The Bertz CT molecular complexity index is 1170. The van der Waals surface area contributed by atoms with Crippen molar-refractivity contribution in [2.75, 3.05) is 13.1 Å². The van der Waals surface area contributed by atoms with Crippen LogP contribution in [0.3, 0.4) is 0 Å². The van der Waals surface area contributed by atoms with E-state index >= 15 is 0 Å². The van der Waals surface area contributed by atoms with E-state index in [0.717, 1.165) is 11.3 Å². The number of carbonyl (C=O) groups is 3. The fourth-order valence-electron chi connectivity index (χ4n) is 4.05. The van der Waals surface area contributed by atoms with Gasteiger partial charge in [0.25, 0.3) is 5.91 Å². The number of fused-ring (bicyclic) bond motifs is 3. The lowest BCUT2D eigenvalue weighted by Crippen LogP contribution is -2.31. The van der Waals surface area contributed by atoms with Gasteiger partial charge < -0.3 is 20.8 Å². The van der Waals surface area contributed by atoms with Gasteiger partial charge in [-0.1, -0.05) is 24.3 Å². The molecule has 29 heavy (non-hydrogen) atoms. The molecule has 2 aromatic carbocycles. The highest BCUT2D eigenvalue weighted by Gasteiger charge is 2.39. The Hall–Kier alpha value is -3.23. The van der Waals surface area contributed by atoms with Gasteiger partial charge in [-0.2, -0.15) is 0 Å². The van der Waals surface area contributed by atoms with Gasteiger partial charge in [0.05, 0.1) is 20.9 Å². The number of benzene rings is 2. The summed E-state index contributed by atoms with van der Waals surface area (Å²) in [7, 11) is 0. The maximum atomic E-state index is 13.1. The van der Waals surface area contributed by atoms with Crippen molar-refractivity contribution in [3.63, 3.8) is 0 Å². The lowest BCUT2D eigenvalue weighted by molar-refractivity contribution is 0.0795. The molecule has 1 fully saturated rings. The summed E-state index contributed by atoms with van der Waals surface area (Å²) in [6.45, 7) is 0.953. The monoisotopic (exact) mass is 408 g/mol. The van der Waals surface area contributed by atoms with Crippen molar-refractivity contribution < 1.29 is 24.6 Å². The zero-order chi connectivity index (χ0) is 20.4. The van der Waals surface area contributed by atoms with Gasteiger partial charge in [0.2, 0.25) is 5.78 Å².